The first-order valence-corrected chi connectivity index (χ1v) is 9.54. The van der Waals surface area contributed by atoms with Crippen molar-refractivity contribution in [2.24, 2.45) is 5.92 Å². The summed E-state index contributed by atoms with van der Waals surface area (Å²) < 4.78 is 1.17. The van der Waals surface area contributed by atoms with E-state index in [1.54, 1.807) is 11.3 Å². The van der Waals surface area contributed by atoms with Gasteiger partial charge in [0.1, 0.15) is 16.6 Å². The third-order valence-corrected chi connectivity index (χ3v) is 5.90. The number of thiazole rings is 1. The Morgan fingerprint density at radius 1 is 1.16 bits per heavy atom. The SMILES string of the molecule is Cc1nc(C)c(-c2nc3ccccc3s2)c(N[C@H]2CCC(CO)C2)n1. The lowest BCUT2D eigenvalue weighted by atomic mass is 10.1. The lowest BCUT2D eigenvalue weighted by Crippen LogP contribution is -2.18. The largest absolute Gasteiger partial charge is 0.396 e. The summed E-state index contributed by atoms with van der Waals surface area (Å²) in [6.45, 7) is 4.21. The fourth-order valence-electron chi connectivity index (χ4n) is 3.62. The van der Waals surface area contributed by atoms with E-state index in [4.69, 9.17) is 4.98 Å². The molecule has 25 heavy (non-hydrogen) atoms. The van der Waals surface area contributed by atoms with Crippen LogP contribution in [0.4, 0.5) is 5.82 Å². The zero-order valence-corrected chi connectivity index (χ0v) is 15.3. The van der Waals surface area contributed by atoms with Gasteiger partial charge in [-0.1, -0.05) is 12.1 Å². The molecule has 6 heteroatoms. The number of aliphatic hydroxyl groups excluding tert-OH is 1. The molecule has 3 aromatic rings. The van der Waals surface area contributed by atoms with Gasteiger partial charge in [0.25, 0.3) is 0 Å². The van der Waals surface area contributed by atoms with Crippen LogP contribution in [0.2, 0.25) is 0 Å². The van der Waals surface area contributed by atoms with Gasteiger partial charge in [0.15, 0.2) is 0 Å². The molecular formula is C19H22N4OS. The number of aromatic nitrogens is 3. The van der Waals surface area contributed by atoms with Crippen LogP contribution >= 0.6 is 11.3 Å². The Hall–Kier alpha value is -2.05. The van der Waals surface area contributed by atoms with Gasteiger partial charge in [-0.15, -0.1) is 11.3 Å². The number of rotatable bonds is 4. The Kier molecular flexibility index (Phi) is 4.39. The predicted octanol–water partition coefficient (Wildman–Crippen LogP) is 3.94. The average Bonchev–Trinajstić information content (AvgIpc) is 3.20. The number of aliphatic hydroxyl groups is 1. The summed E-state index contributed by atoms with van der Waals surface area (Å²) in [6, 6.07) is 8.53. The number of aryl methyl sites for hydroxylation is 2. The number of fused-ring (bicyclic) bond motifs is 1. The molecule has 2 aromatic heterocycles. The van der Waals surface area contributed by atoms with Gasteiger partial charge in [0, 0.05) is 12.6 Å². The van der Waals surface area contributed by atoms with Crippen LogP contribution in [0, 0.1) is 19.8 Å². The highest BCUT2D eigenvalue weighted by Gasteiger charge is 2.26. The Labute approximate surface area is 151 Å². The van der Waals surface area contributed by atoms with Crippen LogP contribution in [0.3, 0.4) is 0 Å². The van der Waals surface area contributed by atoms with Gasteiger partial charge in [-0.05, 0) is 51.2 Å². The van der Waals surface area contributed by atoms with Crippen molar-refractivity contribution >= 4 is 27.4 Å². The third-order valence-electron chi connectivity index (χ3n) is 4.85. The van der Waals surface area contributed by atoms with Crippen LogP contribution < -0.4 is 5.32 Å². The zero-order chi connectivity index (χ0) is 17.4. The summed E-state index contributed by atoms with van der Waals surface area (Å²) in [5, 5.41) is 13.9. The molecule has 2 N–H and O–H groups in total. The molecule has 0 amide bonds. The molecule has 2 heterocycles. The summed E-state index contributed by atoms with van der Waals surface area (Å²) in [4.78, 5) is 14.0. The topological polar surface area (TPSA) is 70.9 Å². The van der Waals surface area contributed by atoms with E-state index in [0.717, 1.165) is 52.7 Å². The lowest BCUT2D eigenvalue weighted by Gasteiger charge is -2.17. The molecule has 5 nitrogen and oxygen atoms in total. The standard InChI is InChI=1S/C19H22N4OS/c1-11-17(19-23-15-5-3-4-6-16(15)25-19)18(21-12(2)20-11)22-14-8-7-13(9-14)10-24/h3-6,13-14,24H,7-10H2,1-2H3,(H,20,21,22)/t13?,14-/m0/s1. The van der Waals surface area contributed by atoms with Gasteiger partial charge >= 0.3 is 0 Å². The molecule has 2 atom stereocenters. The van der Waals surface area contributed by atoms with Crippen LogP contribution in [0.15, 0.2) is 24.3 Å². The van der Waals surface area contributed by atoms with Gasteiger partial charge in [-0.2, -0.15) is 0 Å². The first-order chi connectivity index (χ1) is 12.1. The van der Waals surface area contributed by atoms with Crippen LogP contribution in [0.5, 0.6) is 0 Å². The van der Waals surface area contributed by atoms with Gasteiger partial charge < -0.3 is 10.4 Å². The molecule has 0 saturated heterocycles. The highest BCUT2D eigenvalue weighted by Crippen LogP contribution is 2.37. The number of benzene rings is 1. The molecule has 1 fully saturated rings. The molecule has 0 bridgehead atoms. The van der Waals surface area contributed by atoms with Gasteiger partial charge in [0.2, 0.25) is 0 Å². The fourth-order valence-corrected chi connectivity index (χ4v) is 4.68. The number of hydrogen-bond donors (Lipinski definition) is 2. The zero-order valence-electron chi connectivity index (χ0n) is 14.5. The number of anilines is 1. The number of nitrogens with one attached hydrogen (secondary N) is 1. The molecule has 0 aliphatic heterocycles. The molecule has 1 saturated carbocycles. The molecule has 0 radical (unpaired) electrons. The Bertz CT molecular complexity index is 875. The summed E-state index contributed by atoms with van der Waals surface area (Å²) in [5.74, 6) is 2.03. The Morgan fingerprint density at radius 2 is 2.00 bits per heavy atom. The molecule has 4 rings (SSSR count). The maximum atomic E-state index is 9.39. The summed E-state index contributed by atoms with van der Waals surface area (Å²) in [5.41, 5.74) is 2.96. The summed E-state index contributed by atoms with van der Waals surface area (Å²) in [7, 11) is 0. The highest BCUT2D eigenvalue weighted by molar-refractivity contribution is 7.21. The van der Waals surface area contributed by atoms with Crippen molar-refractivity contribution in [3.8, 4) is 10.6 Å². The van der Waals surface area contributed by atoms with Gasteiger partial charge in [0.05, 0.1) is 21.5 Å². The maximum Gasteiger partial charge on any atom is 0.140 e. The lowest BCUT2D eigenvalue weighted by molar-refractivity contribution is 0.229. The number of hydrogen-bond acceptors (Lipinski definition) is 6. The first-order valence-electron chi connectivity index (χ1n) is 8.72. The third kappa shape index (κ3) is 3.24. The van der Waals surface area contributed by atoms with E-state index in [2.05, 4.69) is 21.4 Å². The normalized spacial score (nSPS) is 20.3. The second-order valence-electron chi connectivity index (χ2n) is 6.77. The van der Waals surface area contributed by atoms with Crippen molar-refractivity contribution in [1.82, 2.24) is 15.0 Å². The minimum atomic E-state index is 0.269. The number of para-hydroxylation sites is 1. The van der Waals surface area contributed by atoms with Gasteiger partial charge in [-0.3, -0.25) is 0 Å². The van der Waals surface area contributed by atoms with Crippen molar-refractivity contribution < 1.29 is 5.11 Å². The fraction of sp³-hybridized carbons (Fsp3) is 0.421. The van der Waals surface area contributed by atoms with Crippen LogP contribution in [-0.2, 0) is 0 Å². The Morgan fingerprint density at radius 3 is 2.76 bits per heavy atom. The minimum absolute atomic E-state index is 0.269. The maximum absolute atomic E-state index is 9.39. The molecule has 1 aromatic carbocycles. The van der Waals surface area contributed by atoms with Crippen molar-refractivity contribution in [3.05, 3.63) is 35.8 Å². The van der Waals surface area contributed by atoms with Crippen molar-refractivity contribution in [3.63, 3.8) is 0 Å². The average molecular weight is 354 g/mol. The van der Waals surface area contributed by atoms with Crippen LogP contribution in [0.25, 0.3) is 20.8 Å². The molecule has 130 valence electrons. The molecular weight excluding hydrogens is 332 g/mol. The van der Waals surface area contributed by atoms with E-state index in [1.165, 1.54) is 4.70 Å². The second kappa shape index (κ2) is 6.69. The number of nitrogens with zero attached hydrogens (tertiary/aromatic N) is 3. The van der Waals surface area contributed by atoms with Crippen LogP contribution in [-0.4, -0.2) is 32.7 Å². The highest BCUT2D eigenvalue weighted by atomic mass is 32.1. The van der Waals surface area contributed by atoms with E-state index >= 15 is 0 Å². The predicted molar refractivity (Wildman–Crippen MR) is 102 cm³/mol. The van der Waals surface area contributed by atoms with Crippen LogP contribution in [0.1, 0.15) is 30.8 Å². The Balaban J connectivity index is 1.73. The summed E-state index contributed by atoms with van der Waals surface area (Å²) >= 11 is 1.68. The monoisotopic (exact) mass is 354 g/mol. The van der Waals surface area contributed by atoms with E-state index in [0.29, 0.717) is 12.0 Å². The van der Waals surface area contributed by atoms with E-state index in [1.807, 2.05) is 32.0 Å². The van der Waals surface area contributed by atoms with Crippen molar-refractivity contribution in [2.45, 2.75) is 39.2 Å². The molecule has 1 aliphatic rings. The smallest absolute Gasteiger partial charge is 0.140 e. The minimum Gasteiger partial charge on any atom is -0.396 e. The van der Waals surface area contributed by atoms with Gasteiger partial charge in [-0.25, -0.2) is 15.0 Å². The van der Waals surface area contributed by atoms with Crippen molar-refractivity contribution in [1.29, 1.82) is 0 Å². The summed E-state index contributed by atoms with van der Waals surface area (Å²) in [6.07, 6.45) is 3.11. The molecule has 0 spiro atoms. The second-order valence-corrected chi connectivity index (χ2v) is 7.80. The first kappa shape index (κ1) is 16.4. The van der Waals surface area contributed by atoms with Crippen molar-refractivity contribution in [2.75, 3.05) is 11.9 Å². The van der Waals surface area contributed by atoms with E-state index < -0.39 is 0 Å². The van der Waals surface area contributed by atoms with E-state index in [9.17, 15) is 5.11 Å². The quantitative estimate of drug-likeness (QED) is 0.742. The molecule has 1 aliphatic carbocycles. The van der Waals surface area contributed by atoms with E-state index in [-0.39, 0.29) is 6.61 Å². The molecule has 1 unspecified atom stereocenters.